The molecular weight excluding hydrogens is 399 g/mol. The average molecular weight is 420 g/mol. The molecule has 0 aliphatic carbocycles. The van der Waals surface area contributed by atoms with E-state index in [1.165, 1.54) is 16.8 Å². The van der Waals surface area contributed by atoms with E-state index in [1.807, 2.05) is 18.2 Å². The van der Waals surface area contributed by atoms with Gasteiger partial charge in [-0.2, -0.15) is 10.2 Å². The molecule has 0 spiro atoms. The largest absolute Gasteiger partial charge is 0.349 e. The number of carbonyl (C=O) groups excluding carboxylic acids is 1. The highest BCUT2D eigenvalue weighted by atomic mass is 19.1. The van der Waals surface area contributed by atoms with Crippen molar-refractivity contribution in [2.75, 3.05) is 0 Å². The van der Waals surface area contributed by atoms with Gasteiger partial charge in [0.05, 0.1) is 23.8 Å². The van der Waals surface area contributed by atoms with Crippen LogP contribution in [0.15, 0.2) is 59.7 Å². The van der Waals surface area contributed by atoms with Crippen LogP contribution in [0.25, 0.3) is 5.52 Å². The summed E-state index contributed by atoms with van der Waals surface area (Å²) in [5.41, 5.74) is 1.92. The summed E-state index contributed by atoms with van der Waals surface area (Å²) in [6.07, 6.45) is 5.29. The number of nitrogens with one attached hydrogen (secondary N) is 1. The predicted molar refractivity (Wildman–Crippen MR) is 111 cm³/mol. The van der Waals surface area contributed by atoms with E-state index in [0.717, 1.165) is 11.1 Å². The summed E-state index contributed by atoms with van der Waals surface area (Å²) in [5.74, 6) is 0.230. The first-order valence-electron chi connectivity index (χ1n) is 10.2. The van der Waals surface area contributed by atoms with E-state index in [2.05, 4.69) is 15.5 Å². The molecule has 1 atom stereocenters. The Morgan fingerprint density at radius 2 is 2.00 bits per heavy atom. The van der Waals surface area contributed by atoms with Gasteiger partial charge in [0.1, 0.15) is 11.6 Å². The fourth-order valence-corrected chi connectivity index (χ4v) is 4.01. The topological polar surface area (TPSA) is 86.2 Å². The molecule has 5 rings (SSSR count). The number of hydrogen-bond acceptors (Lipinski definition) is 4. The van der Waals surface area contributed by atoms with Crippen LogP contribution >= 0.6 is 0 Å². The second kappa shape index (κ2) is 7.82. The van der Waals surface area contributed by atoms with Crippen molar-refractivity contribution in [2.24, 2.45) is 0 Å². The first-order valence-corrected chi connectivity index (χ1v) is 10.2. The Labute approximate surface area is 176 Å². The molecule has 1 N–H and O–H groups in total. The number of benzene rings is 1. The Morgan fingerprint density at radius 3 is 2.84 bits per heavy atom. The number of nitrogens with zero attached hydrogens (tertiary/aromatic N) is 5. The van der Waals surface area contributed by atoms with Gasteiger partial charge in [0.25, 0.3) is 5.91 Å². The van der Waals surface area contributed by atoms with Crippen LogP contribution in [0.4, 0.5) is 4.39 Å². The van der Waals surface area contributed by atoms with Crippen LogP contribution in [0.3, 0.4) is 0 Å². The smallest absolute Gasteiger partial charge is 0.346 e. The number of hydrogen-bond donors (Lipinski definition) is 1. The van der Waals surface area contributed by atoms with Gasteiger partial charge >= 0.3 is 5.69 Å². The third-order valence-electron chi connectivity index (χ3n) is 5.67. The van der Waals surface area contributed by atoms with Crippen LogP contribution in [0, 0.1) is 5.82 Å². The van der Waals surface area contributed by atoms with E-state index in [1.54, 1.807) is 33.6 Å². The van der Waals surface area contributed by atoms with Gasteiger partial charge in [0, 0.05) is 25.2 Å². The number of amides is 1. The number of pyridine rings is 1. The zero-order valence-corrected chi connectivity index (χ0v) is 16.7. The van der Waals surface area contributed by atoms with Crippen molar-refractivity contribution in [2.45, 2.75) is 38.4 Å². The van der Waals surface area contributed by atoms with Gasteiger partial charge in [-0.05, 0) is 42.7 Å². The van der Waals surface area contributed by atoms with Crippen LogP contribution in [-0.4, -0.2) is 35.9 Å². The highest BCUT2D eigenvalue weighted by molar-refractivity contribution is 6.00. The second-order valence-electron chi connectivity index (χ2n) is 7.72. The third-order valence-corrected chi connectivity index (χ3v) is 5.67. The molecule has 0 bridgehead atoms. The molecule has 1 aromatic carbocycles. The minimum absolute atomic E-state index is 0.0576. The van der Waals surface area contributed by atoms with E-state index in [0.29, 0.717) is 43.7 Å². The quantitative estimate of drug-likeness (QED) is 0.547. The van der Waals surface area contributed by atoms with Crippen molar-refractivity contribution < 1.29 is 9.18 Å². The maximum absolute atomic E-state index is 13.1. The Kier molecular flexibility index (Phi) is 4.85. The molecule has 0 fully saturated rings. The molecule has 1 unspecified atom stereocenters. The molecule has 1 aliphatic rings. The van der Waals surface area contributed by atoms with Crippen LogP contribution < -0.4 is 11.0 Å². The van der Waals surface area contributed by atoms with Crippen LogP contribution in [0.1, 0.15) is 34.6 Å². The lowest BCUT2D eigenvalue weighted by Crippen LogP contribution is -2.35. The van der Waals surface area contributed by atoms with Gasteiger partial charge in [-0.3, -0.25) is 9.36 Å². The van der Waals surface area contributed by atoms with Crippen molar-refractivity contribution in [1.82, 2.24) is 29.3 Å². The van der Waals surface area contributed by atoms with E-state index in [-0.39, 0.29) is 23.5 Å². The van der Waals surface area contributed by atoms with E-state index in [9.17, 15) is 14.0 Å². The van der Waals surface area contributed by atoms with Crippen LogP contribution in [0.2, 0.25) is 0 Å². The zero-order valence-electron chi connectivity index (χ0n) is 16.7. The Morgan fingerprint density at radius 1 is 1.16 bits per heavy atom. The molecule has 1 aliphatic heterocycles. The highest BCUT2D eigenvalue weighted by Crippen LogP contribution is 2.15. The molecule has 1 amide bonds. The molecule has 4 aromatic rings. The minimum atomic E-state index is -0.311. The third kappa shape index (κ3) is 3.74. The minimum Gasteiger partial charge on any atom is -0.349 e. The summed E-state index contributed by atoms with van der Waals surface area (Å²) in [7, 11) is 0. The predicted octanol–water partition coefficient (Wildman–Crippen LogP) is 2.01. The molecule has 0 saturated heterocycles. The number of aromatic nitrogens is 5. The van der Waals surface area contributed by atoms with Crippen molar-refractivity contribution in [3.8, 4) is 0 Å². The van der Waals surface area contributed by atoms with Crippen molar-refractivity contribution in [1.29, 1.82) is 0 Å². The summed E-state index contributed by atoms with van der Waals surface area (Å²) >= 11 is 0. The van der Waals surface area contributed by atoms with Crippen molar-refractivity contribution in [3.05, 3.63) is 88.1 Å². The van der Waals surface area contributed by atoms with Gasteiger partial charge < -0.3 is 5.32 Å². The maximum atomic E-state index is 13.1. The molecule has 158 valence electrons. The fourth-order valence-electron chi connectivity index (χ4n) is 4.01. The molecule has 8 nitrogen and oxygen atoms in total. The van der Waals surface area contributed by atoms with Gasteiger partial charge in [0.15, 0.2) is 0 Å². The Balaban J connectivity index is 1.27. The summed E-state index contributed by atoms with van der Waals surface area (Å²) in [4.78, 5) is 25.6. The van der Waals surface area contributed by atoms with Crippen LogP contribution in [0.5, 0.6) is 0 Å². The standard InChI is InChI=1S/C22H21FN6O2/c23-16-6-4-15(5-7-16)14-29-22(31)27-12-10-17(8-9-20(27)26-29)25-21(30)18-13-24-28-11-2-1-3-19(18)28/h1-7,11,13,17H,8-10,12,14H2,(H,25,30). The maximum Gasteiger partial charge on any atom is 0.346 e. The first kappa shape index (κ1) is 19.2. The van der Waals surface area contributed by atoms with Gasteiger partial charge in [-0.25, -0.2) is 18.4 Å². The van der Waals surface area contributed by atoms with Crippen molar-refractivity contribution >= 4 is 11.4 Å². The lowest BCUT2D eigenvalue weighted by molar-refractivity contribution is 0.0934. The molecule has 31 heavy (non-hydrogen) atoms. The lowest BCUT2D eigenvalue weighted by Gasteiger charge is -2.15. The SMILES string of the molecule is O=C(NC1CCc2nn(Cc3ccc(F)cc3)c(=O)n2CC1)c1cnn2ccccc12. The van der Waals surface area contributed by atoms with Crippen molar-refractivity contribution in [3.63, 3.8) is 0 Å². The highest BCUT2D eigenvalue weighted by Gasteiger charge is 2.23. The lowest BCUT2D eigenvalue weighted by atomic mass is 10.1. The molecule has 0 radical (unpaired) electrons. The normalized spacial score (nSPS) is 16.1. The number of halogens is 1. The number of fused-ring (bicyclic) bond motifs is 2. The summed E-state index contributed by atoms with van der Waals surface area (Å²) < 4.78 is 17.9. The van der Waals surface area contributed by atoms with E-state index < -0.39 is 0 Å². The number of carbonyl (C=O) groups is 1. The summed E-state index contributed by atoms with van der Waals surface area (Å²) in [5, 5.41) is 11.8. The summed E-state index contributed by atoms with van der Waals surface area (Å²) in [6, 6.07) is 11.6. The summed E-state index contributed by atoms with van der Waals surface area (Å²) in [6.45, 7) is 0.783. The fraction of sp³-hybridized carbons (Fsp3) is 0.273. The average Bonchev–Trinajstić information content (AvgIpc) is 3.26. The molecular formula is C22H21FN6O2. The van der Waals surface area contributed by atoms with E-state index >= 15 is 0 Å². The van der Waals surface area contributed by atoms with Gasteiger partial charge in [0.2, 0.25) is 0 Å². The number of aryl methyl sites for hydroxylation is 1. The molecule has 9 heteroatoms. The van der Waals surface area contributed by atoms with Gasteiger partial charge in [-0.1, -0.05) is 18.2 Å². The Bertz CT molecular complexity index is 1300. The number of rotatable bonds is 4. The molecule has 4 heterocycles. The molecule has 0 saturated carbocycles. The van der Waals surface area contributed by atoms with Gasteiger partial charge in [-0.15, -0.1) is 0 Å². The zero-order chi connectivity index (χ0) is 21.4. The second-order valence-corrected chi connectivity index (χ2v) is 7.72. The Hall–Kier alpha value is -3.75. The monoisotopic (exact) mass is 420 g/mol. The first-order chi connectivity index (χ1) is 15.1. The molecule has 3 aromatic heterocycles. The van der Waals surface area contributed by atoms with E-state index in [4.69, 9.17) is 0 Å². The van der Waals surface area contributed by atoms with Crippen LogP contribution in [-0.2, 0) is 19.5 Å².